The number of ether oxygens (including phenoxy) is 1. The Morgan fingerprint density at radius 2 is 1.85 bits per heavy atom. The molecule has 2 aromatic carbocycles. The molecule has 4 rings (SSSR count). The number of aliphatic hydroxyl groups is 1. The Labute approximate surface area is 184 Å². The summed E-state index contributed by atoms with van der Waals surface area (Å²) in [5.41, 5.74) is -1.22. The first-order valence-electron chi connectivity index (χ1n) is 9.65. The molecule has 0 aliphatic rings. The molecule has 0 amide bonds. The van der Waals surface area contributed by atoms with E-state index in [1.165, 1.54) is 48.0 Å². The second-order valence-corrected chi connectivity index (χ2v) is 7.12. The number of carbonyl (C=O) groups excluding carboxylic acids is 1. The van der Waals surface area contributed by atoms with Crippen LogP contribution in [0.15, 0.2) is 64.2 Å². The number of nitro groups is 1. The van der Waals surface area contributed by atoms with Crippen molar-refractivity contribution in [2.24, 2.45) is 7.05 Å². The van der Waals surface area contributed by atoms with E-state index in [2.05, 4.69) is 9.97 Å². The van der Waals surface area contributed by atoms with Crippen LogP contribution in [0.2, 0.25) is 0 Å². The highest BCUT2D eigenvalue weighted by Crippen LogP contribution is 2.25. The van der Waals surface area contributed by atoms with Crippen molar-refractivity contribution in [3.8, 4) is 6.01 Å². The normalized spacial score (nSPS) is 11.9. The van der Waals surface area contributed by atoms with Gasteiger partial charge in [0.25, 0.3) is 11.2 Å². The van der Waals surface area contributed by atoms with Gasteiger partial charge in [-0.3, -0.25) is 29.0 Å². The van der Waals surface area contributed by atoms with E-state index in [0.29, 0.717) is 5.56 Å². The van der Waals surface area contributed by atoms with Crippen LogP contribution in [0.5, 0.6) is 6.01 Å². The van der Waals surface area contributed by atoms with E-state index in [1.54, 1.807) is 18.2 Å². The molecule has 0 saturated heterocycles. The highest BCUT2D eigenvalue weighted by atomic mass is 16.6. The van der Waals surface area contributed by atoms with Crippen molar-refractivity contribution in [2.45, 2.75) is 12.6 Å². The predicted octanol–water partition coefficient (Wildman–Crippen LogP) is 1.28. The summed E-state index contributed by atoms with van der Waals surface area (Å²) in [5, 5.41) is 21.6. The van der Waals surface area contributed by atoms with Gasteiger partial charge in [0.1, 0.15) is 0 Å². The van der Waals surface area contributed by atoms with Gasteiger partial charge in [0.15, 0.2) is 11.2 Å². The lowest BCUT2D eigenvalue weighted by atomic mass is 10.1. The first-order valence-corrected chi connectivity index (χ1v) is 9.65. The molecule has 0 radical (unpaired) electrons. The summed E-state index contributed by atoms with van der Waals surface area (Å²) in [6.07, 6.45) is -1.24. The van der Waals surface area contributed by atoms with E-state index in [-0.39, 0.29) is 35.0 Å². The van der Waals surface area contributed by atoms with Crippen LogP contribution >= 0.6 is 0 Å². The zero-order valence-electron chi connectivity index (χ0n) is 17.2. The number of nitrogens with zero attached hydrogens (tertiary/aromatic N) is 4. The second-order valence-electron chi connectivity index (χ2n) is 7.12. The van der Waals surface area contributed by atoms with Crippen molar-refractivity contribution in [1.29, 1.82) is 0 Å². The molecular formula is C21H17N5O7. The van der Waals surface area contributed by atoms with E-state index in [4.69, 9.17) is 4.74 Å². The summed E-state index contributed by atoms with van der Waals surface area (Å²) in [5.74, 6) is -0.751. The van der Waals surface area contributed by atoms with Gasteiger partial charge in [0.05, 0.1) is 23.1 Å². The number of hydrogen-bond acceptors (Lipinski definition) is 8. The summed E-state index contributed by atoms with van der Waals surface area (Å²) >= 11 is 0. The monoisotopic (exact) mass is 451 g/mol. The molecular weight excluding hydrogens is 434 g/mol. The van der Waals surface area contributed by atoms with Crippen molar-refractivity contribution in [1.82, 2.24) is 19.1 Å². The van der Waals surface area contributed by atoms with Gasteiger partial charge in [-0.15, -0.1) is 0 Å². The second kappa shape index (κ2) is 8.51. The van der Waals surface area contributed by atoms with Crippen LogP contribution < -0.4 is 16.0 Å². The average molecular weight is 451 g/mol. The van der Waals surface area contributed by atoms with Gasteiger partial charge in [0, 0.05) is 19.2 Å². The summed E-state index contributed by atoms with van der Waals surface area (Å²) in [7, 11) is 1.38. The van der Waals surface area contributed by atoms with Gasteiger partial charge in [-0.05, 0) is 29.8 Å². The minimum atomic E-state index is -1.24. The lowest BCUT2D eigenvalue weighted by Crippen LogP contribution is -2.29. The Morgan fingerprint density at radius 1 is 1.18 bits per heavy atom. The summed E-state index contributed by atoms with van der Waals surface area (Å²) < 4.78 is 7.65. The number of aliphatic hydroxyl groups excluding tert-OH is 1. The van der Waals surface area contributed by atoms with Crippen molar-refractivity contribution in [3.05, 3.63) is 96.7 Å². The van der Waals surface area contributed by atoms with Crippen LogP contribution in [0.4, 0.5) is 5.69 Å². The lowest BCUT2D eigenvalue weighted by Gasteiger charge is -2.14. The minimum Gasteiger partial charge on any atom is -0.388 e. The molecule has 33 heavy (non-hydrogen) atoms. The molecule has 168 valence electrons. The van der Waals surface area contributed by atoms with E-state index in [9.17, 15) is 29.6 Å². The number of fused-ring (bicyclic) bond motifs is 1. The quantitative estimate of drug-likeness (QED) is 0.252. The first-order chi connectivity index (χ1) is 15.8. The molecule has 0 saturated carbocycles. The fraction of sp³-hybridized carbons (Fsp3) is 0.143. The van der Waals surface area contributed by atoms with Crippen LogP contribution in [0, 0.1) is 10.1 Å². The number of H-pyrrole nitrogens is 1. The molecule has 2 N–H and O–H groups in total. The number of aromatic nitrogens is 4. The van der Waals surface area contributed by atoms with E-state index in [1.807, 2.05) is 0 Å². The largest absolute Gasteiger partial charge is 0.388 e. The number of non-ortho nitro benzene ring substituents is 1. The fourth-order valence-electron chi connectivity index (χ4n) is 3.27. The number of nitro benzene ring substituents is 1. The number of aryl methyl sites for hydroxylation is 1. The number of nitrogens with one attached hydrogen (secondary N) is 1. The Balaban J connectivity index is 1.77. The number of aromatic amines is 1. The molecule has 0 aliphatic carbocycles. The van der Waals surface area contributed by atoms with Crippen LogP contribution in [0.3, 0.4) is 0 Å². The van der Waals surface area contributed by atoms with Gasteiger partial charge < -0.3 is 9.84 Å². The van der Waals surface area contributed by atoms with E-state index in [0.717, 1.165) is 4.57 Å². The molecule has 4 aromatic rings. The maximum atomic E-state index is 12.6. The predicted molar refractivity (Wildman–Crippen MR) is 115 cm³/mol. The van der Waals surface area contributed by atoms with Gasteiger partial charge in [0.2, 0.25) is 0 Å². The Bertz CT molecular complexity index is 1470. The Morgan fingerprint density at radius 3 is 2.48 bits per heavy atom. The fourth-order valence-corrected chi connectivity index (χ4v) is 3.27. The highest BCUT2D eigenvalue weighted by molar-refractivity contribution is 5.91. The third kappa shape index (κ3) is 4.14. The third-order valence-electron chi connectivity index (χ3n) is 5.01. The van der Waals surface area contributed by atoms with Gasteiger partial charge in [-0.2, -0.15) is 4.98 Å². The first kappa shape index (κ1) is 21.6. The molecule has 0 aliphatic heterocycles. The molecule has 12 heteroatoms. The zero-order chi connectivity index (χ0) is 23.7. The highest BCUT2D eigenvalue weighted by Gasteiger charge is 2.23. The Kier molecular flexibility index (Phi) is 5.58. The van der Waals surface area contributed by atoms with E-state index >= 15 is 0 Å². The van der Waals surface area contributed by atoms with Crippen molar-refractivity contribution in [3.63, 3.8) is 0 Å². The molecule has 1 atom stereocenters. The Hall–Kier alpha value is -4.58. The van der Waals surface area contributed by atoms with Crippen LogP contribution in [-0.2, 0) is 13.6 Å². The van der Waals surface area contributed by atoms with Gasteiger partial charge in [-0.1, -0.05) is 18.2 Å². The SMILES string of the molecule is Cn1c(=O)[nH]c(=O)c2c1nc(OC(=O)c1ccccc1)n2C[C@@H](O)c1ccc([N+](=O)[O-])cc1. The maximum absolute atomic E-state index is 12.6. The number of carbonyl (C=O) groups is 1. The molecule has 2 heterocycles. The smallest absolute Gasteiger partial charge is 0.345 e. The minimum absolute atomic E-state index is 0.0458. The lowest BCUT2D eigenvalue weighted by molar-refractivity contribution is -0.384. The molecule has 0 unspecified atom stereocenters. The van der Waals surface area contributed by atoms with Crippen LogP contribution in [0.25, 0.3) is 11.2 Å². The average Bonchev–Trinajstić information content (AvgIpc) is 3.16. The van der Waals surface area contributed by atoms with Crippen molar-refractivity contribution in [2.75, 3.05) is 0 Å². The number of hydrogen-bond donors (Lipinski definition) is 2. The number of benzene rings is 2. The van der Waals surface area contributed by atoms with Crippen molar-refractivity contribution >= 4 is 22.8 Å². The molecule has 0 fully saturated rings. The third-order valence-corrected chi connectivity index (χ3v) is 5.01. The van der Waals surface area contributed by atoms with E-state index < -0.39 is 28.2 Å². The summed E-state index contributed by atoms with van der Waals surface area (Å²) in [6, 6.07) is 13.0. The summed E-state index contributed by atoms with van der Waals surface area (Å²) in [4.78, 5) is 53.7. The standard InChI is InChI=1S/C21H17N5O7/c1-24-17-16(18(28)23-20(24)30)25(11-15(27)12-7-9-14(10-8-12)26(31)32)21(22-17)33-19(29)13-5-3-2-4-6-13/h2-10,15,27H,11H2,1H3,(H,23,28,30)/t15-/m1/s1. The van der Waals surface area contributed by atoms with Crippen LogP contribution in [0.1, 0.15) is 22.0 Å². The molecule has 12 nitrogen and oxygen atoms in total. The number of esters is 1. The molecule has 0 spiro atoms. The number of imidazole rings is 1. The maximum Gasteiger partial charge on any atom is 0.345 e. The zero-order valence-corrected chi connectivity index (χ0v) is 17.2. The summed E-state index contributed by atoms with van der Waals surface area (Å²) in [6.45, 7) is -0.285. The molecule has 2 aromatic heterocycles. The van der Waals surface area contributed by atoms with Gasteiger partial charge >= 0.3 is 17.7 Å². The van der Waals surface area contributed by atoms with Gasteiger partial charge in [-0.25, -0.2) is 9.59 Å². The van der Waals surface area contributed by atoms with Crippen LogP contribution in [-0.4, -0.2) is 35.1 Å². The number of rotatable bonds is 6. The van der Waals surface area contributed by atoms with Crippen molar-refractivity contribution < 1.29 is 19.6 Å². The topological polar surface area (TPSA) is 162 Å². The molecule has 0 bridgehead atoms.